The van der Waals surface area contributed by atoms with Crippen LogP contribution in [0.2, 0.25) is 0 Å². The molecule has 0 saturated carbocycles. The Hall–Kier alpha value is -1.77. The molecule has 1 aromatic heterocycles. The maximum absolute atomic E-state index is 11.9. The third-order valence-corrected chi connectivity index (χ3v) is 6.31. The van der Waals surface area contributed by atoms with Gasteiger partial charge in [-0.05, 0) is 0 Å². The summed E-state index contributed by atoms with van der Waals surface area (Å²) in [6.07, 6.45) is 0. The summed E-state index contributed by atoms with van der Waals surface area (Å²) in [6, 6.07) is 0. The Morgan fingerprint density at radius 1 is 1.26 bits per heavy atom. The molecule has 0 radical (unpaired) electrons. The van der Waals surface area contributed by atoms with Crippen LogP contribution in [0.15, 0.2) is 9.44 Å². The van der Waals surface area contributed by atoms with Gasteiger partial charge in [0.05, 0.1) is 6.61 Å². The SMILES string of the molecule is CN1C(=O)C(=NNc2nnc(SCCO)s2)C(=O)N(C)S1(=O)=O. The van der Waals surface area contributed by atoms with Gasteiger partial charge < -0.3 is 5.11 Å². The van der Waals surface area contributed by atoms with Gasteiger partial charge in [-0.15, -0.1) is 10.2 Å². The number of aromatic nitrogens is 2. The number of hydrogen-bond donors (Lipinski definition) is 2. The summed E-state index contributed by atoms with van der Waals surface area (Å²) in [6.45, 7) is -0.00848. The molecule has 2 amide bonds. The number of anilines is 1. The molecule has 0 unspecified atom stereocenters. The molecular weight excluding hydrogens is 368 g/mol. The quantitative estimate of drug-likeness (QED) is 0.463. The van der Waals surface area contributed by atoms with Crippen molar-refractivity contribution in [2.45, 2.75) is 4.34 Å². The summed E-state index contributed by atoms with van der Waals surface area (Å²) >= 11 is 2.39. The normalized spacial score (nSPS) is 17.6. The first-order valence-corrected chi connectivity index (χ1v) is 9.21. The lowest BCUT2D eigenvalue weighted by Crippen LogP contribution is -2.57. The summed E-state index contributed by atoms with van der Waals surface area (Å²) in [5, 5.41) is 20.1. The van der Waals surface area contributed by atoms with Crippen molar-refractivity contribution < 1.29 is 23.1 Å². The second-order valence-corrected chi connectivity index (χ2v) is 8.38. The average Bonchev–Trinajstić information content (AvgIpc) is 2.97. The Morgan fingerprint density at radius 2 is 1.87 bits per heavy atom. The molecule has 126 valence electrons. The molecule has 11 nitrogen and oxygen atoms in total. The van der Waals surface area contributed by atoms with Crippen LogP contribution in [-0.4, -0.2) is 76.3 Å². The Bertz CT molecular complexity index is 729. The van der Waals surface area contributed by atoms with Crippen LogP contribution < -0.4 is 5.43 Å². The van der Waals surface area contributed by atoms with E-state index in [-0.39, 0.29) is 11.7 Å². The van der Waals surface area contributed by atoms with E-state index in [1.807, 2.05) is 0 Å². The number of hydrogen-bond acceptors (Lipinski definition) is 11. The fourth-order valence-electron chi connectivity index (χ4n) is 1.43. The van der Waals surface area contributed by atoms with Crippen LogP contribution >= 0.6 is 23.1 Å². The number of nitrogens with zero attached hydrogens (tertiary/aromatic N) is 5. The highest BCUT2D eigenvalue weighted by Gasteiger charge is 2.44. The molecule has 1 aliphatic heterocycles. The smallest absolute Gasteiger partial charge is 0.330 e. The second-order valence-electron chi connectivity index (χ2n) is 4.07. The summed E-state index contributed by atoms with van der Waals surface area (Å²) in [4.78, 5) is 23.9. The largest absolute Gasteiger partial charge is 0.396 e. The van der Waals surface area contributed by atoms with Crippen molar-refractivity contribution in [3.8, 4) is 0 Å². The van der Waals surface area contributed by atoms with Gasteiger partial charge in [0, 0.05) is 19.8 Å². The molecule has 0 aliphatic carbocycles. The van der Waals surface area contributed by atoms with E-state index in [1.165, 1.54) is 11.8 Å². The lowest BCUT2D eigenvalue weighted by molar-refractivity contribution is -0.125. The second kappa shape index (κ2) is 6.77. The Morgan fingerprint density at radius 3 is 2.43 bits per heavy atom. The number of amides is 2. The van der Waals surface area contributed by atoms with Crippen molar-refractivity contribution in [2.75, 3.05) is 31.9 Å². The number of nitrogens with one attached hydrogen (secondary N) is 1. The zero-order valence-electron chi connectivity index (χ0n) is 12.0. The minimum absolute atomic E-state index is 0.00848. The van der Waals surface area contributed by atoms with Crippen molar-refractivity contribution in [1.82, 2.24) is 18.8 Å². The number of aliphatic hydroxyl groups is 1. The minimum Gasteiger partial charge on any atom is -0.396 e. The van der Waals surface area contributed by atoms with Crippen molar-refractivity contribution in [2.24, 2.45) is 5.10 Å². The fourth-order valence-corrected chi connectivity index (χ4v) is 3.90. The molecule has 0 atom stereocenters. The molecule has 0 bridgehead atoms. The van der Waals surface area contributed by atoms with E-state index in [2.05, 4.69) is 20.7 Å². The summed E-state index contributed by atoms with van der Waals surface area (Å²) in [5.74, 6) is -1.63. The van der Waals surface area contributed by atoms with Crippen LogP contribution in [0.1, 0.15) is 0 Å². The number of aliphatic hydroxyl groups excluding tert-OH is 1. The number of carbonyl (C=O) groups excluding carboxylic acids is 2. The fraction of sp³-hybridized carbons (Fsp3) is 0.444. The van der Waals surface area contributed by atoms with Crippen LogP contribution in [-0.2, 0) is 19.8 Å². The van der Waals surface area contributed by atoms with Gasteiger partial charge in [0.1, 0.15) is 0 Å². The highest BCUT2D eigenvalue weighted by molar-refractivity contribution is 8.01. The van der Waals surface area contributed by atoms with Crippen molar-refractivity contribution >= 4 is 56.0 Å². The molecule has 2 N–H and O–H groups in total. The third-order valence-electron chi connectivity index (χ3n) is 2.66. The van der Waals surface area contributed by atoms with Gasteiger partial charge in [0.25, 0.3) is 11.8 Å². The zero-order valence-corrected chi connectivity index (χ0v) is 14.4. The predicted octanol–water partition coefficient (Wildman–Crippen LogP) is -1.43. The molecule has 14 heteroatoms. The van der Waals surface area contributed by atoms with Gasteiger partial charge in [-0.1, -0.05) is 23.1 Å². The van der Waals surface area contributed by atoms with E-state index in [1.54, 1.807) is 0 Å². The van der Waals surface area contributed by atoms with Gasteiger partial charge >= 0.3 is 10.2 Å². The van der Waals surface area contributed by atoms with E-state index < -0.39 is 27.7 Å². The molecule has 0 aromatic carbocycles. The lowest BCUT2D eigenvalue weighted by Gasteiger charge is -2.29. The summed E-state index contributed by atoms with van der Waals surface area (Å²) in [7, 11) is -2.09. The third kappa shape index (κ3) is 3.44. The molecule has 1 fully saturated rings. The molecule has 23 heavy (non-hydrogen) atoms. The van der Waals surface area contributed by atoms with Crippen molar-refractivity contribution in [1.29, 1.82) is 0 Å². The molecule has 2 heterocycles. The van der Waals surface area contributed by atoms with Gasteiger partial charge in [-0.25, -0.2) is 8.61 Å². The van der Waals surface area contributed by atoms with E-state index in [0.717, 1.165) is 25.4 Å². The topological polar surface area (TPSA) is 145 Å². The Labute approximate surface area is 139 Å². The number of rotatable bonds is 5. The molecule has 1 saturated heterocycles. The van der Waals surface area contributed by atoms with E-state index in [4.69, 9.17) is 5.11 Å². The maximum atomic E-state index is 11.9. The summed E-state index contributed by atoms with van der Waals surface area (Å²) < 4.78 is 24.9. The Kier molecular flexibility index (Phi) is 5.18. The maximum Gasteiger partial charge on any atom is 0.330 e. The number of carbonyl (C=O) groups is 2. The first-order chi connectivity index (χ1) is 10.8. The van der Waals surface area contributed by atoms with Crippen LogP contribution in [0.25, 0.3) is 0 Å². The van der Waals surface area contributed by atoms with Gasteiger partial charge in [-0.3, -0.25) is 15.0 Å². The highest BCUT2D eigenvalue weighted by Crippen LogP contribution is 2.25. The lowest BCUT2D eigenvalue weighted by atomic mass is 10.3. The zero-order chi connectivity index (χ0) is 17.2. The monoisotopic (exact) mass is 380 g/mol. The first-order valence-electron chi connectivity index (χ1n) is 6.01. The minimum atomic E-state index is -4.15. The Balaban J connectivity index is 2.17. The predicted molar refractivity (Wildman–Crippen MR) is 83.2 cm³/mol. The van der Waals surface area contributed by atoms with Crippen LogP contribution in [0.3, 0.4) is 0 Å². The van der Waals surface area contributed by atoms with Crippen molar-refractivity contribution in [3.05, 3.63) is 0 Å². The van der Waals surface area contributed by atoms with E-state index >= 15 is 0 Å². The van der Waals surface area contributed by atoms with Crippen LogP contribution in [0, 0.1) is 0 Å². The van der Waals surface area contributed by atoms with E-state index in [0.29, 0.717) is 18.7 Å². The molecule has 1 aliphatic rings. The standard InChI is InChI=1S/C9H12N6O5S3/c1-14-6(17)5(7(18)15(2)23(14,19)20)10-11-8-12-13-9(22-8)21-4-3-16/h16H,3-4H2,1-2H3,(H,11,12). The van der Waals surface area contributed by atoms with E-state index in [9.17, 15) is 18.0 Å². The van der Waals surface area contributed by atoms with Gasteiger partial charge in [-0.2, -0.15) is 13.5 Å². The molecule has 2 rings (SSSR count). The highest BCUT2D eigenvalue weighted by atomic mass is 32.2. The molecule has 1 aromatic rings. The number of thioether (sulfide) groups is 1. The summed E-state index contributed by atoms with van der Waals surface area (Å²) in [5.41, 5.74) is 1.83. The first kappa shape index (κ1) is 17.6. The molecular formula is C9H12N6O5S3. The van der Waals surface area contributed by atoms with Crippen molar-refractivity contribution in [3.63, 3.8) is 0 Å². The van der Waals surface area contributed by atoms with Crippen LogP contribution in [0.4, 0.5) is 5.13 Å². The van der Waals surface area contributed by atoms with Gasteiger partial charge in [0.2, 0.25) is 10.8 Å². The average molecular weight is 380 g/mol. The molecule has 0 spiro atoms. The number of hydrazone groups is 1. The van der Waals surface area contributed by atoms with Crippen LogP contribution in [0.5, 0.6) is 0 Å². The van der Waals surface area contributed by atoms with Gasteiger partial charge in [0.15, 0.2) is 4.34 Å².